The molecule has 4 aliphatic rings. The third kappa shape index (κ3) is 5.34. The van der Waals surface area contributed by atoms with Gasteiger partial charge < -0.3 is 15.5 Å². The lowest BCUT2D eigenvalue weighted by molar-refractivity contribution is -0.0120. The Balaban J connectivity index is 1.09. The Morgan fingerprint density at radius 1 is 1.06 bits per heavy atom. The van der Waals surface area contributed by atoms with Crippen molar-refractivity contribution in [3.63, 3.8) is 0 Å². The van der Waals surface area contributed by atoms with Crippen molar-refractivity contribution in [2.24, 2.45) is 11.8 Å². The molecule has 0 amide bonds. The second-order valence-electron chi connectivity index (χ2n) is 10.2. The van der Waals surface area contributed by atoms with E-state index >= 15 is 0 Å². The number of rotatable bonds is 6. The van der Waals surface area contributed by atoms with Gasteiger partial charge in [0.1, 0.15) is 0 Å². The maximum Gasteiger partial charge on any atom is 0.170 e. The normalized spacial score (nSPS) is 26.5. The maximum atomic E-state index is 5.58. The number of nitrogens with one attached hydrogen (secondary N) is 2. The van der Waals surface area contributed by atoms with Crippen LogP contribution in [0.5, 0.6) is 0 Å². The van der Waals surface area contributed by atoms with Crippen molar-refractivity contribution in [1.29, 1.82) is 0 Å². The first kappa shape index (κ1) is 22.6. The molecule has 4 atom stereocenters. The highest BCUT2D eigenvalue weighted by atomic mass is 32.1. The molecule has 176 valence electrons. The van der Waals surface area contributed by atoms with Crippen LogP contribution in [0.25, 0.3) is 0 Å². The van der Waals surface area contributed by atoms with Crippen LogP contribution in [0.3, 0.4) is 0 Å². The van der Waals surface area contributed by atoms with Crippen molar-refractivity contribution in [3.8, 4) is 0 Å². The molecule has 4 heterocycles. The van der Waals surface area contributed by atoms with Gasteiger partial charge in [-0.25, -0.2) is 0 Å². The molecule has 0 saturated carbocycles. The van der Waals surface area contributed by atoms with Crippen LogP contribution in [0, 0.1) is 11.8 Å². The molecule has 6 heteroatoms. The first-order chi connectivity index (χ1) is 16.0. The third-order valence-electron chi connectivity index (χ3n) is 7.86. The number of hydrogen-bond donors (Lipinski definition) is 2. The lowest BCUT2D eigenvalue weighted by Crippen LogP contribution is -2.58. The van der Waals surface area contributed by atoms with Gasteiger partial charge in [-0.2, -0.15) is 0 Å². The van der Waals surface area contributed by atoms with Gasteiger partial charge in [0.05, 0.1) is 0 Å². The summed E-state index contributed by atoms with van der Waals surface area (Å²) in [4.78, 5) is 7.51. The standard InChI is InChI=1S/C27H37N5S/c1-30(2)25-9-7-24(8-10-25)29-27(33)28-16-26-15-21-12-14-32(26)19-23(21)18-31-13-11-20-5-3-4-6-22(20)17-31/h3-10,21,23,26H,11-19H2,1-2H3,(H2,28,29,33)/t21-,23-,26+/m0/s1. The lowest BCUT2D eigenvalue weighted by Gasteiger charge is -2.51. The Bertz CT molecular complexity index is 959. The van der Waals surface area contributed by atoms with Gasteiger partial charge in [-0.15, -0.1) is 0 Å². The van der Waals surface area contributed by atoms with E-state index in [2.05, 4.69) is 88.0 Å². The summed E-state index contributed by atoms with van der Waals surface area (Å²) in [5, 5.41) is 7.55. The second-order valence-corrected chi connectivity index (χ2v) is 10.6. The number of piperidine rings is 3. The van der Waals surface area contributed by atoms with Crippen molar-refractivity contribution in [2.75, 3.05) is 57.0 Å². The largest absolute Gasteiger partial charge is 0.378 e. The number of nitrogens with zero attached hydrogens (tertiary/aromatic N) is 3. The number of hydrogen-bond acceptors (Lipinski definition) is 4. The summed E-state index contributed by atoms with van der Waals surface area (Å²) < 4.78 is 0. The van der Waals surface area contributed by atoms with Crippen LogP contribution >= 0.6 is 12.2 Å². The molecule has 0 aromatic heterocycles. The van der Waals surface area contributed by atoms with E-state index in [1.54, 1.807) is 5.56 Å². The summed E-state index contributed by atoms with van der Waals surface area (Å²) in [7, 11) is 4.11. The molecule has 2 aromatic rings. The minimum absolute atomic E-state index is 0.595. The molecule has 5 nitrogen and oxygen atoms in total. The summed E-state index contributed by atoms with van der Waals surface area (Å²) in [5.41, 5.74) is 5.30. The molecule has 3 saturated heterocycles. The molecule has 3 fully saturated rings. The smallest absolute Gasteiger partial charge is 0.170 e. The van der Waals surface area contributed by atoms with Crippen LogP contribution < -0.4 is 15.5 Å². The van der Waals surface area contributed by atoms with Crippen molar-refractivity contribution in [3.05, 3.63) is 59.7 Å². The molecule has 1 unspecified atom stereocenters. The fourth-order valence-electron chi connectivity index (χ4n) is 5.94. The molecule has 6 rings (SSSR count). The molecule has 0 radical (unpaired) electrons. The van der Waals surface area contributed by atoms with Gasteiger partial charge in [-0.1, -0.05) is 24.3 Å². The predicted molar refractivity (Wildman–Crippen MR) is 142 cm³/mol. The van der Waals surface area contributed by atoms with Gasteiger partial charge in [0.25, 0.3) is 0 Å². The Morgan fingerprint density at radius 2 is 1.85 bits per heavy atom. The highest BCUT2D eigenvalue weighted by molar-refractivity contribution is 7.80. The maximum absolute atomic E-state index is 5.58. The van der Waals surface area contributed by atoms with Gasteiger partial charge in [-0.05, 0) is 85.3 Å². The SMILES string of the molecule is CN(C)c1ccc(NC(=S)NC[C@H]2C[C@@H]3CCN2C[C@@H]3CN2CCc3ccccc3C2)cc1. The molecule has 0 aliphatic carbocycles. The molecule has 2 bridgehead atoms. The van der Waals surface area contributed by atoms with E-state index in [0.29, 0.717) is 6.04 Å². The van der Waals surface area contributed by atoms with Crippen molar-refractivity contribution in [1.82, 2.24) is 15.1 Å². The van der Waals surface area contributed by atoms with Gasteiger partial charge >= 0.3 is 0 Å². The Kier molecular flexibility index (Phi) is 6.86. The quantitative estimate of drug-likeness (QED) is 0.634. The minimum Gasteiger partial charge on any atom is -0.378 e. The van der Waals surface area contributed by atoms with Gasteiger partial charge in [0, 0.05) is 64.2 Å². The van der Waals surface area contributed by atoms with Crippen LogP contribution in [0.1, 0.15) is 24.0 Å². The van der Waals surface area contributed by atoms with Crippen molar-refractivity contribution >= 4 is 28.7 Å². The number of anilines is 2. The molecule has 2 aromatic carbocycles. The molecule has 4 aliphatic heterocycles. The monoisotopic (exact) mass is 463 g/mol. The predicted octanol–water partition coefficient (Wildman–Crippen LogP) is 3.81. The average Bonchev–Trinajstić information content (AvgIpc) is 2.83. The summed E-state index contributed by atoms with van der Waals surface area (Å²) in [6.07, 6.45) is 3.85. The third-order valence-corrected chi connectivity index (χ3v) is 8.10. The first-order valence-corrected chi connectivity index (χ1v) is 12.8. The Labute approximate surface area is 204 Å². The minimum atomic E-state index is 0.595. The number of fused-ring (bicyclic) bond motifs is 4. The number of benzene rings is 2. The molecular weight excluding hydrogens is 426 g/mol. The van der Waals surface area contributed by atoms with E-state index in [1.165, 1.54) is 56.7 Å². The first-order valence-electron chi connectivity index (χ1n) is 12.4. The summed E-state index contributed by atoms with van der Waals surface area (Å²) in [6, 6.07) is 18.0. The Hall–Kier alpha value is -2.15. The molecular formula is C27H37N5S. The van der Waals surface area contributed by atoms with Gasteiger partial charge in [0.2, 0.25) is 0 Å². The lowest BCUT2D eigenvalue weighted by atomic mass is 9.75. The van der Waals surface area contributed by atoms with E-state index in [0.717, 1.165) is 35.7 Å². The zero-order chi connectivity index (χ0) is 22.8. The Morgan fingerprint density at radius 3 is 2.58 bits per heavy atom. The number of thiocarbonyl (C=S) groups is 1. The molecule has 33 heavy (non-hydrogen) atoms. The van der Waals surface area contributed by atoms with Crippen LogP contribution in [0.15, 0.2) is 48.5 Å². The fourth-order valence-corrected chi connectivity index (χ4v) is 6.14. The van der Waals surface area contributed by atoms with Crippen molar-refractivity contribution < 1.29 is 0 Å². The molecule has 2 N–H and O–H groups in total. The topological polar surface area (TPSA) is 33.8 Å². The highest BCUT2D eigenvalue weighted by Crippen LogP contribution is 2.37. The van der Waals surface area contributed by atoms with E-state index in [1.807, 2.05) is 0 Å². The summed E-state index contributed by atoms with van der Waals surface area (Å²) >= 11 is 5.58. The van der Waals surface area contributed by atoms with E-state index in [-0.39, 0.29) is 0 Å². The summed E-state index contributed by atoms with van der Waals surface area (Å²) in [5.74, 6) is 1.65. The van der Waals surface area contributed by atoms with Crippen LogP contribution in [-0.4, -0.2) is 67.8 Å². The second kappa shape index (κ2) is 10.00. The van der Waals surface area contributed by atoms with Crippen LogP contribution in [0.4, 0.5) is 11.4 Å². The zero-order valence-corrected chi connectivity index (χ0v) is 20.8. The van der Waals surface area contributed by atoms with Crippen molar-refractivity contribution in [2.45, 2.75) is 31.8 Å². The van der Waals surface area contributed by atoms with Gasteiger partial charge in [0.15, 0.2) is 5.11 Å². The average molecular weight is 464 g/mol. The zero-order valence-electron chi connectivity index (χ0n) is 20.0. The van der Waals surface area contributed by atoms with Crippen LogP contribution in [-0.2, 0) is 13.0 Å². The summed E-state index contributed by atoms with van der Waals surface area (Å²) in [6.45, 7) is 6.99. The molecule has 0 spiro atoms. The van der Waals surface area contributed by atoms with E-state index in [9.17, 15) is 0 Å². The van der Waals surface area contributed by atoms with Crippen LogP contribution in [0.2, 0.25) is 0 Å². The fraction of sp³-hybridized carbons (Fsp3) is 0.519. The van der Waals surface area contributed by atoms with Gasteiger partial charge in [-0.3, -0.25) is 9.80 Å². The van der Waals surface area contributed by atoms with E-state index in [4.69, 9.17) is 12.2 Å². The highest BCUT2D eigenvalue weighted by Gasteiger charge is 2.40. The van der Waals surface area contributed by atoms with E-state index < -0.39 is 0 Å².